The molecule has 2 unspecified atom stereocenters. The zero-order valence-electron chi connectivity index (χ0n) is 12.9. The highest BCUT2D eigenvalue weighted by atomic mass is 16.6. The summed E-state index contributed by atoms with van der Waals surface area (Å²) in [6, 6.07) is 9.40. The van der Waals surface area contributed by atoms with E-state index in [1.165, 1.54) is 0 Å². The Morgan fingerprint density at radius 2 is 2.00 bits per heavy atom. The fourth-order valence-electron chi connectivity index (χ4n) is 2.60. The van der Waals surface area contributed by atoms with E-state index in [0.717, 1.165) is 11.0 Å². The molecule has 1 saturated heterocycles. The molecule has 1 N–H and O–H groups in total. The Hall–Kier alpha value is -2.30. The van der Waals surface area contributed by atoms with E-state index < -0.39 is 18.0 Å². The molecule has 0 aliphatic carbocycles. The van der Waals surface area contributed by atoms with Gasteiger partial charge in [-0.25, -0.2) is 0 Å². The maximum absolute atomic E-state index is 12.1. The van der Waals surface area contributed by atoms with Gasteiger partial charge in [0.25, 0.3) is 5.91 Å². The number of esters is 1. The number of amides is 1. The third kappa shape index (κ3) is 2.84. The van der Waals surface area contributed by atoms with E-state index in [1.54, 1.807) is 0 Å². The molecule has 1 aromatic carbocycles. The Morgan fingerprint density at radius 1 is 1.27 bits per heavy atom. The minimum Gasteiger partial charge on any atom is -0.460 e. The summed E-state index contributed by atoms with van der Waals surface area (Å²) in [6.45, 7) is 5.66. The first-order valence-corrected chi connectivity index (χ1v) is 7.34. The predicted octanol–water partition coefficient (Wildman–Crippen LogP) is 2.75. The van der Waals surface area contributed by atoms with Crippen LogP contribution in [0.2, 0.25) is 0 Å². The molecule has 5 heteroatoms. The number of hydrogen-bond acceptors (Lipinski definition) is 4. The van der Waals surface area contributed by atoms with Gasteiger partial charge in [0.1, 0.15) is 17.3 Å². The summed E-state index contributed by atoms with van der Waals surface area (Å²) in [6.07, 6.45) is -0.453. The lowest BCUT2D eigenvalue weighted by atomic mass is 10.0. The van der Waals surface area contributed by atoms with Gasteiger partial charge in [-0.3, -0.25) is 9.59 Å². The Kier molecular flexibility index (Phi) is 3.43. The van der Waals surface area contributed by atoms with Gasteiger partial charge in [-0.05, 0) is 32.9 Å². The van der Waals surface area contributed by atoms with E-state index in [1.807, 2.05) is 51.1 Å². The number of hydrogen-bond donors (Lipinski definition) is 1. The second-order valence-corrected chi connectivity index (χ2v) is 6.64. The summed E-state index contributed by atoms with van der Waals surface area (Å²) >= 11 is 0. The van der Waals surface area contributed by atoms with Crippen molar-refractivity contribution in [3.8, 4) is 0 Å². The van der Waals surface area contributed by atoms with Crippen LogP contribution in [0.4, 0.5) is 0 Å². The van der Waals surface area contributed by atoms with Crippen molar-refractivity contribution in [2.24, 2.45) is 0 Å². The largest absolute Gasteiger partial charge is 0.460 e. The Bertz CT molecular complexity index is 693. The minimum absolute atomic E-state index is 0.264. The highest BCUT2D eigenvalue weighted by Crippen LogP contribution is 2.34. The predicted molar refractivity (Wildman–Crippen MR) is 81.3 cm³/mol. The van der Waals surface area contributed by atoms with Gasteiger partial charge in [-0.2, -0.15) is 0 Å². The average molecular weight is 301 g/mol. The molecule has 3 rings (SSSR count). The number of cyclic esters (lactones) is 1. The fourth-order valence-corrected chi connectivity index (χ4v) is 2.60. The van der Waals surface area contributed by atoms with Crippen LogP contribution >= 0.6 is 0 Å². The van der Waals surface area contributed by atoms with Crippen molar-refractivity contribution in [2.45, 2.75) is 44.8 Å². The lowest BCUT2D eigenvalue weighted by Gasteiger charge is -2.22. The van der Waals surface area contributed by atoms with E-state index in [2.05, 4.69) is 5.32 Å². The normalized spacial score (nSPS) is 21.9. The number of para-hydroxylation sites is 1. The Morgan fingerprint density at radius 3 is 2.68 bits per heavy atom. The summed E-state index contributed by atoms with van der Waals surface area (Å²) in [4.78, 5) is 24.2. The van der Waals surface area contributed by atoms with Gasteiger partial charge in [-0.1, -0.05) is 18.2 Å². The van der Waals surface area contributed by atoms with Crippen molar-refractivity contribution in [3.05, 3.63) is 36.1 Å². The minimum atomic E-state index is -0.759. The quantitative estimate of drug-likeness (QED) is 0.866. The van der Waals surface area contributed by atoms with Gasteiger partial charge in [0.15, 0.2) is 6.10 Å². The number of ether oxygens (including phenoxy) is 1. The van der Waals surface area contributed by atoms with E-state index in [4.69, 9.17) is 9.15 Å². The maximum atomic E-state index is 12.1. The van der Waals surface area contributed by atoms with Crippen molar-refractivity contribution in [3.63, 3.8) is 0 Å². The van der Waals surface area contributed by atoms with Crippen LogP contribution < -0.4 is 5.32 Å². The van der Waals surface area contributed by atoms with Crippen LogP contribution in [-0.4, -0.2) is 23.5 Å². The van der Waals surface area contributed by atoms with E-state index in [-0.39, 0.29) is 11.4 Å². The first-order chi connectivity index (χ1) is 10.3. The van der Waals surface area contributed by atoms with Crippen molar-refractivity contribution in [2.75, 3.05) is 0 Å². The number of fused-ring (bicyclic) bond motifs is 1. The molecule has 0 bridgehead atoms. The van der Waals surface area contributed by atoms with Crippen LogP contribution in [0, 0.1) is 0 Å². The second-order valence-electron chi connectivity index (χ2n) is 6.64. The summed E-state index contributed by atoms with van der Waals surface area (Å²) in [7, 11) is 0. The first-order valence-electron chi connectivity index (χ1n) is 7.34. The van der Waals surface area contributed by atoms with Crippen LogP contribution in [-0.2, 0) is 14.3 Å². The molecule has 2 atom stereocenters. The molecular weight excluding hydrogens is 282 g/mol. The first kappa shape index (κ1) is 14.6. The maximum Gasteiger partial charge on any atom is 0.317 e. The molecule has 0 spiro atoms. The molecule has 1 aromatic heterocycles. The topological polar surface area (TPSA) is 68.5 Å². The second kappa shape index (κ2) is 5.16. The lowest BCUT2D eigenvalue weighted by molar-refractivity contribution is -0.149. The zero-order valence-corrected chi connectivity index (χ0v) is 12.9. The summed E-state index contributed by atoms with van der Waals surface area (Å²) < 4.78 is 10.9. The van der Waals surface area contributed by atoms with Gasteiger partial charge in [0, 0.05) is 17.3 Å². The van der Waals surface area contributed by atoms with Crippen LogP contribution in [0.25, 0.3) is 11.0 Å². The number of furan rings is 1. The van der Waals surface area contributed by atoms with Crippen molar-refractivity contribution in [1.82, 2.24) is 5.32 Å². The third-order valence-corrected chi connectivity index (χ3v) is 3.57. The highest BCUT2D eigenvalue weighted by Gasteiger charge is 2.41. The number of carbonyl (C=O) groups excluding carboxylic acids is 2. The highest BCUT2D eigenvalue weighted by molar-refractivity contribution is 5.90. The molecule has 1 aliphatic heterocycles. The number of nitrogens with one attached hydrogen (secondary N) is 1. The Labute approximate surface area is 128 Å². The summed E-state index contributed by atoms with van der Waals surface area (Å²) in [5.41, 5.74) is 0.369. The molecule has 1 aliphatic rings. The third-order valence-electron chi connectivity index (χ3n) is 3.57. The average Bonchev–Trinajstić information content (AvgIpc) is 2.99. The van der Waals surface area contributed by atoms with Gasteiger partial charge in [0.2, 0.25) is 0 Å². The molecule has 5 nitrogen and oxygen atoms in total. The van der Waals surface area contributed by atoms with Crippen LogP contribution in [0.5, 0.6) is 0 Å². The van der Waals surface area contributed by atoms with Crippen LogP contribution in [0.15, 0.2) is 34.7 Å². The molecule has 116 valence electrons. The van der Waals surface area contributed by atoms with Gasteiger partial charge in [-0.15, -0.1) is 0 Å². The van der Waals surface area contributed by atoms with Crippen LogP contribution in [0.1, 0.15) is 38.9 Å². The molecular formula is C17H19NO4. The van der Waals surface area contributed by atoms with Gasteiger partial charge in [0.05, 0.1) is 0 Å². The van der Waals surface area contributed by atoms with Crippen molar-refractivity contribution >= 4 is 22.8 Å². The van der Waals surface area contributed by atoms with E-state index in [0.29, 0.717) is 12.2 Å². The fraction of sp³-hybridized carbons (Fsp3) is 0.412. The standard InChI is InChI=1S/C17H19NO4/c1-17(2,3)18-15(19)14-9-11(16(20)22-14)13-8-10-6-4-5-7-12(10)21-13/h4-8,11,14H,9H2,1-3H3,(H,18,19). The molecule has 1 amide bonds. The van der Waals surface area contributed by atoms with Gasteiger partial charge >= 0.3 is 5.97 Å². The summed E-state index contributed by atoms with van der Waals surface area (Å²) in [5, 5.41) is 3.77. The molecule has 1 fully saturated rings. The van der Waals surface area contributed by atoms with Crippen molar-refractivity contribution < 1.29 is 18.7 Å². The summed E-state index contributed by atoms with van der Waals surface area (Å²) in [5.74, 6) is -0.645. The smallest absolute Gasteiger partial charge is 0.317 e. The molecule has 2 heterocycles. The molecule has 0 radical (unpaired) electrons. The Balaban J connectivity index is 1.78. The van der Waals surface area contributed by atoms with E-state index in [9.17, 15) is 9.59 Å². The SMILES string of the molecule is CC(C)(C)NC(=O)C1CC(c2cc3ccccc3o2)C(=O)O1. The number of rotatable bonds is 2. The van der Waals surface area contributed by atoms with E-state index >= 15 is 0 Å². The van der Waals surface area contributed by atoms with Crippen LogP contribution in [0.3, 0.4) is 0 Å². The molecule has 22 heavy (non-hydrogen) atoms. The van der Waals surface area contributed by atoms with Crippen molar-refractivity contribution in [1.29, 1.82) is 0 Å². The van der Waals surface area contributed by atoms with Gasteiger partial charge < -0.3 is 14.5 Å². The molecule has 2 aromatic rings. The zero-order chi connectivity index (χ0) is 15.9. The number of carbonyl (C=O) groups is 2. The lowest BCUT2D eigenvalue weighted by Crippen LogP contribution is -2.45. The number of benzene rings is 1. The monoisotopic (exact) mass is 301 g/mol. The molecule has 0 saturated carbocycles.